The molecular weight excluding hydrogens is 362 g/mol. The van der Waals surface area contributed by atoms with Crippen molar-refractivity contribution in [2.45, 2.75) is 19.4 Å². The molecule has 0 saturated heterocycles. The number of nitrogens with one attached hydrogen (secondary N) is 1. The molecule has 1 aliphatic heterocycles. The van der Waals surface area contributed by atoms with E-state index in [2.05, 4.69) is 10.2 Å². The van der Waals surface area contributed by atoms with Crippen LogP contribution in [0.2, 0.25) is 5.02 Å². The number of nitrogens with zero attached hydrogens (tertiary/aromatic N) is 2. The Morgan fingerprint density at radius 2 is 1.93 bits per heavy atom. The molecule has 2 heterocycles. The zero-order valence-electron chi connectivity index (χ0n) is 14.8. The summed E-state index contributed by atoms with van der Waals surface area (Å²) in [4.78, 5) is 14.5. The van der Waals surface area contributed by atoms with Crippen LogP contribution in [0.3, 0.4) is 0 Å². The molecule has 1 amide bonds. The summed E-state index contributed by atoms with van der Waals surface area (Å²) in [5.41, 5.74) is 4.07. The van der Waals surface area contributed by atoms with Crippen LogP contribution in [-0.4, -0.2) is 34.2 Å². The van der Waals surface area contributed by atoms with Gasteiger partial charge >= 0.3 is 0 Å². The maximum atomic E-state index is 12.6. The number of ether oxygens (including phenoxy) is 1. The Bertz CT molecular complexity index is 922. The Hall–Kier alpha value is -2.79. The van der Waals surface area contributed by atoms with Crippen LogP contribution >= 0.6 is 11.6 Å². The van der Waals surface area contributed by atoms with Crippen LogP contribution in [0.4, 0.5) is 0 Å². The quantitative estimate of drug-likeness (QED) is 0.724. The summed E-state index contributed by atoms with van der Waals surface area (Å²) in [6, 6.07) is 17.2. The molecular formula is C21H20ClN3O2. The van der Waals surface area contributed by atoms with Crippen LogP contribution < -0.4 is 4.74 Å². The first-order valence-electron chi connectivity index (χ1n) is 8.98. The molecule has 1 aliphatic rings. The van der Waals surface area contributed by atoms with Gasteiger partial charge in [-0.25, -0.2) is 0 Å². The van der Waals surface area contributed by atoms with Crippen LogP contribution in [0.5, 0.6) is 5.75 Å². The molecule has 3 aromatic rings. The first-order valence-corrected chi connectivity index (χ1v) is 9.36. The Kier molecular flexibility index (Phi) is 5.12. The van der Waals surface area contributed by atoms with Gasteiger partial charge in [-0.15, -0.1) is 0 Å². The standard InChI is InChI=1S/C21H20ClN3O2/c22-16-8-6-15(7-9-16)21-18-14-25(12-10-19(18)23-24-21)20(26)11-13-27-17-4-2-1-3-5-17/h1-9H,10-14H2,(H,23,24). The molecule has 1 aromatic heterocycles. The highest BCUT2D eigenvalue weighted by molar-refractivity contribution is 6.30. The fourth-order valence-corrected chi connectivity index (χ4v) is 3.41. The zero-order valence-corrected chi connectivity index (χ0v) is 15.6. The lowest BCUT2D eigenvalue weighted by atomic mass is 10.0. The number of hydrogen-bond acceptors (Lipinski definition) is 3. The molecule has 27 heavy (non-hydrogen) atoms. The summed E-state index contributed by atoms with van der Waals surface area (Å²) in [6.07, 6.45) is 1.14. The second-order valence-electron chi connectivity index (χ2n) is 6.51. The first-order chi connectivity index (χ1) is 13.2. The summed E-state index contributed by atoms with van der Waals surface area (Å²) in [6.45, 7) is 1.63. The summed E-state index contributed by atoms with van der Waals surface area (Å²) < 4.78 is 5.65. The first kappa shape index (κ1) is 17.6. The van der Waals surface area contributed by atoms with Crippen LogP contribution in [0.25, 0.3) is 11.3 Å². The molecule has 6 heteroatoms. The monoisotopic (exact) mass is 381 g/mol. The summed E-state index contributed by atoms with van der Waals surface area (Å²) in [5.74, 6) is 0.880. The number of hydrogen-bond donors (Lipinski definition) is 1. The minimum Gasteiger partial charge on any atom is -0.493 e. The van der Waals surface area contributed by atoms with Crippen LogP contribution in [0.1, 0.15) is 17.7 Å². The average Bonchev–Trinajstić information content (AvgIpc) is 3.12. The number of para-hydroxylation sites is 1. The number of carbonyl (C=O) groups is 1. The predicted octanol–water partition coefficient (Wildman–Crippen LogP) is 4.08. The molecule has 5 nitrogen and oxygen atoms in total. The second-order valence-corrected chi connectivity index (χ2v) is 6.95. The van der Waals surface area contributed by atoms with Crippen LogP contribution in [0.15, 0.2) is 54.6 Å². The highest BCUT2D eigenvalue weighted by Gasteiger charge is 2.25. The Morgan fingerprint density at radius 3 is 2.70 bits per heavy atom. The summed E-state index contributed by atoms with van der Waals surface area (Å²) >= 11 is 5.98. The van der Waals surface area contributed by atoms with Gasteiger partial charge in [-0.1, -0.05) is 41.9 Å². The van der Waals surface area contributed by atoms with Crippen molar-refractivity contribution < 1.29 is 9.53 Å². The molecule has 0 spiro atoms. The molecule has 138 valence electrons. The number of amides is 1. The molecule has 4 rings (SSSR count). The van der Waals surface area contributed by atoms with Gasteiger partial charge in [-0.3, -0.25) is 9.89 Å². The summed E-state index contributed by atoms with van der Waals surface area (Å²) in [7, 11) is 0. The topological polar surface area (TPSA) is 58.2 Å². The number of aromatic amines is 1. The van der Waals surface area contributed by atoms with Gasteiger partial charge in [0.25, 0.3) is 0 Å². The van der Waals surface area contributed by atoms with Crippen LogP contribution in [-0.2, 0) is 17.8 Å². The lowest BCUT2D eigenvalue weighted by Gasteiger charge is -2.27. The van der Waals surface area contributed by atoms with Gasteiger partial charge in [0.2, 0.25) is 5.91 Å². The normalized spacial score (nSPS) is 13.3. The fourth-order valence-electron chi connectivity index (χ4n) is 3.29. The van der Waals surface area contributed by atoms with Gasteiger partial charge in [-0.2, -0.15) is 5.10 Å². The van der Waals surface area contributed by atoms with E-state index in [4.69, 9.17) is 16.3 Å². The van der Waals surface area contributed by atoms with Gasteiger partial charge in [0.05, 0.1) is 18.7 Å². The van der Waals surface area contributed by atoms with E-state index in [1.54, 1.807) is 0 Å². The van der Waals surface area contributed by atoms with Crippen molar-refractivity contribution in [1.29, 1.82) is 0 Å². The highest BCUT2D eigenvalue weighted by Crippen LogP contribution is 2.29. The minimum atomic E-state index is 0.0971. The SMILES string of the molecule is O=C(CCOc1ccccc1)N1CCc2[nH]nc(-c3ccc(Cl)cc3)c2C1. The van der Waals surface area contributed by atoms with Gasteiger partial charge in [0.15, 0.2) is 0 Å². The smallest absolute Gasteiger partial charge is 0.226 e. The van der Waals surface area contributed by atoms with Crippen molar-refractivity contribution in [3.05, 3.63) is 70.9 Å². The number of H-pyrrole nitrogens is 1. The molecule has 2 aromatic carbocycles. The van der Waals surface area contributed by atoms with Crippen molar-refractivity contribution in [3.63, 3.8) is 0 Å². The van der Waals surface area contributed by atoms with Crippen molar-refractivity contribution in [2.75, 3.05) is 13.2 Å². The molecule has 0 aliphatic carbocycles. The second kappa shape index (κ2) is 7.84. The lowest BCUT2D eigenvalue weighted by molar-refractivity contribution is -0.132. The highest BCUT2D eigenvalue weighted by atomic mass is 35.5. The van der Waals surface area contributed by atoms with Crippen molar-refractivity contribution >= 4 is 17.5 Å². The van der Waals surface area contributed by atoms with Crippen molar-refractivity contribution in [2.24, 2.45) is 0 Å². The van der Waals surface area contributed by atoms with Crippen molar-refractivity contribution in [1.82, 2.24) is 15.1 Å². The zero-order chi connectivity index (χ0) is 18.6. The maximum absolute atomic E-state index is 12.6. The largest absolute Gasteiger partial charge is 0.493 e. The van der Waals surface area contributed by atoms with E-state index in [0.717, 1.165) is 34.7 Å². The van der Waals surface area contributed by atoms with Crippen LogP contribution in [0, 0.1) is 0 Å². The molecule has 0 unspecified atom stereocenters. The third kappa shape index (κ3) is 3.98. The Balaban J connectivity index is 1.41. The van der Waals surface area contributed by atoms with Gasteiger partial charge in [0, 0.05) is 41.4 Å². The number of fused-ring (bicyclic) bond motifs is 1. The number of carbonyl (C=O) groups excluding carboxylic acids is 1. The Morgan fingerprint density at radius 1 is 1.15 bits per heavy atom. The third-order valence-electron chi connectivity index (χ3n) is 4.73. The third-order valence-corrected chi connectivity index (χ3v) is 4.98. The lowest BCUT2D eigenvalue weighted by Crippen LogP contribution is -2.36. The molecule has 0 fully saturated rings. The average molecular weight is 382 g/mol. The maximum Gasteiger partial charge on any atom is 0.226 e. The number of benzene rings is 2. The van der Waals surface area contributed by atoms with Gasteiger partial charge < -0.3 is 9.64 Å². The fraction of sp³-hybridized carbons (Fsp3) is 0.238. The van der Waals surface area contributed by atoms with E-state index in [-0.39, 0.29) is 5.91 Å². The van der Waals surface area contributed by atoms with E-state index < -0.39 is 0 Å². The molecule has 1 N–H and O–H groups in total. The predicted molar refractivity (Wildman–Crippen MR) is 105 cm³/mol. The number of halogens is 1. The molecule has 0 atom stereocenters. The van der Waals surface area contributed by atoms with E-state index in [1.165, 1.54) is 0 Å². The minimum absolute atomic E-state index is 0.0971. The molecule has 0 bridgehead atoms. The molecule has 0 radical (unpaired) electrons. The van der Waals surface area contributed by atoms with Crippen molar-refractivity contribution in [3.8, 4) is 17.0 Å². The van der Waals surface area contributed by atoms with E-state index in [0.29, 0.717) is 31.1 Å². The van der Waals surface area contributed by atoms with Gasteiger partial charge in [0.1, 0.15) is 5.75 Å². The van der Waals surface area contributed by atoms with E-state index in [9.17, 15) is 4.79 Å². The number of aromatic nitrogens is 2. The van der Waals surface area contributed by atoms with E-state index in [1.807, 2.05) is 59.5 Å². The Labute approximate surface area is 162 Å². The summed E-state index contributed by atoms with van der Waals surface area (Å²) in [5, 5.41) is 8.27. The van der Waals surface area contributed by atoms with Gasteiger partial charge in [-0.05, 0) is 24.3 Å². The number of rotatable bonds is 5. The van der Waals surface area contributed by atoms with E-state index >= 15 is 0 Å². The molecule has 0 saturated carbocycles.